The van der Waals surface area contributed by atoms with Gasteiger partial charge in [0.15, 0.2) is 0 Å². The van der Waals surface area contributed by atoms with Crippen LogP contribution in [0.2, 0.25) is 0 Å². The number of benzene rings is 1. The summed E-state index contributed by atoms with van der Waals surface area (Å²) in [6, 6.07) is 9.70. The number of nitrogens with zero attached hydrogens (tertiary/aromatic N) is 1. The molecule has 27 heavy (non-hydrogen) atoms. The molecular weight excluding hydrogens is 362 g/mol. The molecule has 0 unspecified atom stereocenters. The van der Waals surface area contributed by atoms with E-state index in [0.717, 1.165) is 43.2 Å². The van der Waals surface area contributed by atoms with E-state index in [4.69, 9.17) is 4.74 Å². The predicted octanol–water partition coefficient (Wildman–Crippen LogP) is 2.51. The third kappa shape index (κ3) is 4.78. The molecule has 6 nitrogen and oxygen atoms in total. The lowest BCUT2D eigenvalue weighted by atomic mass is 10.1. The molecule has 1 atom stereocenters. The summed E-state index contributed by atoms with van der Waals surface area (Å²) in [6.45, 7) is 1.33. The molecule has 1 aromatic carbocycles. The van der Waals surface area contributed by atoms with E-state index in [2.05, 4.69) is 15.6 Å². The summed E-state index contributed by atoms with van der Waals surface area (Å²) in [4.78, 5) is 29.3. The number of pyridine rings is 1. The van der Waals surface area contributed by atoms with Crippen molar-refractivity contribution in [1.82, 2.24) is 15.6 Å². The van der Waals surface area contributed by atoms with Gasteiger partial charge in [-0.25, -0.2) is 4.98 Å². The second-order valence-corrected chi connectivity index (χ2v) is 8.00. The highest BCUT2D eigenvalue weighted by molar-refractivity contribution is 7.99. The van der Waals surface area contributed by atoms with Gasteiger partial charge in [-0.05, 0) is 37.8 Å². The van der Waals surface area contributed by atoms with Crippen LogP contribution in [0.4, 0.5) is 0 Å². The molecule has 2 fully saturated rings. The maximum atomic E-state index is 12.6. The van der Waals surface area contributed by atoms with Crippen molar-refractivity contribution >= 4 is 34.5 Å². The average molecular weight is 385 g/mol. The summed E-state index contributed by atoms with van der Waals surface area (Å²) in [7, 11) is 0. The van der Waals surface area contributed by atoms with Gasteiger partial charge < -0.3 is 15.4 Å². The number of hydrogen-bond donors (Lipinski definition) is 2. The van der Waals surface area contributed by atoms with Crippen molar-refractivity contribution in [3.05, 3.63) is 35.9 Å². The first-order valence-corrected chi connectivity index (χ1v) is 10.4. The molecule has 2 N–H and O–H groups in total. The summed E-state index contributed by atoms with van der Waals surface area (Å²) in [5, 5.41) is 7.47. The van der Waals surface area contributed by atoms with Gasteiger partial charge in [-0.15, -0.1) is 0 Å². The maximum Gasteiger partial charge on any atom is 0.252 e. The molecule has 2 amide bonds. The van der Waals surface area contributed by atoms with E-state index in [0.29, 0.717) is 23.2 Å². The number of ether oxygens (including phenoxy) is 1. The molecule has 4 rings (SSSR count). The zero-order valence-electron chi connectivity index (χ0n) is 15.1. The van der Waals surface area contributed by atoms with Gasteiger partial charge in [-0.1, -0.05) is 30.0 Å². The standard InChI is InChI=1S/C20H23N3O3S/c24-18(21-11-14-4-3-9-26-14)12-27-19-10-16(20(25)22-13-7-8-13)15-5-1-2-6-17(15)23-19/h1-2,5-6,10,13-14H,3-4,7-9,11-12H2,(H,21,24)(H,22,25)/t14-/m0/s1. The Labute approximate surface area is 162 Å². The Morgan fingerprint density at radius 3 is 2.85 bits per heavy atom. The fourth-order valence-corrected chi connectivity index (χ4v) is 3.87. The summed E-state index contributed by atoms with van der Waals surface area (Å²) >= 11 is 1.35. The minimum atomic E-state index is -0.0687. The molecule has 1 aliphatic carbocycles. The highest BCUT2D eigenvalue weighted by atomic mass is 32.2. The number of hydrogen-bond acceptors (Lipinski definition) is 5. The van der Waals surface area contributed by atoms with Crippen molar-refractivity contribution in [1.29, 1.82) is 0 Å². The van der Waals surface area contributed by atoms with Crippen molar-refractivity contribution in [2.75, 3.05) is 18.9 Å². The zero-order valence-corrected chi connectivity index (χ0v) is 15.9. The number of aromatic nitrogens is 1. The summed E-state index contributed by atoms with van der Waals surface area (Å²) in [5.74, 6) is 0.150. The van der Waals surface area contributed by atoms with Gasteiger partial charge in [0, 0.05) is 24.6 Å². The normalized spacial score (nSPS) is 19.2. The number of nitrogens with one attached hydrogen (secondary N) is 2. The topological polar surface area (TPSA) is 80.3 Å². The van der Waals surface area contributed by atoms with Crippen molar-refractivity contribution in [2.24, 2.45) is 0 Å². The van der Waals surface area contributed by atoms with Crippen LogP contribution in [-0.4, -0.2) is 47.8 Å². The van der Waals surface area contributed by atoms with E-state index < -0.39 is 0 Å². The van der Waals surface area contributed by atoms with E-state index >= 15 is 0 Å². The molecule has 0 bridgehead atoms. The van der Waals surface area contributed by atoms with E-state index in [1.807, 2.05) is 24.3 Å². The first-order chi connectivity index (χ1) is 13.2. The van der Waals surface area contributed by atoms with Gasteiger partial charge in [-0.3, -0.25) is 9.59 Å². The average Bonchev–Trinajstić information content (AvgIpc) is 3.34. The summed E-state index contributed by atoms with van der Waals surface area (Å²) in [5.41, 5.74) is 1.39. The van der Waals surface area contributed by atoms with Crippen molar-refractivity contribution in [2.45, 2.75) is 42.9 Å². The highest BCUT2D eigenvalue weighted by Crippen LogP contribution is 2.26. The molecule has 0 spiro atoms. The quantitative estimate of drug-likeness (QED) is 0.716. The molecule has 142 valence electrons. The van der Waals surface area contributed by atoms with Crippen molar-refractivity contribution in [3.8, 4) is 0 Å². The summed E-state index contributed by atoms with van der Waals surface area (Å²) in [6.07, 6.45) is 4.28. The fourth-order valence-electron chi connectivity index (χ4n) is 3.13. The first-order valence-electron chi connectivity index (χ1n) is 9.41. The molecule has 1 saturated carbocycles. The molecular formula is C20H23N3O3S. The first kappa shape index (κ1) is 18.3. The Morgan fingerprint density at radius 2 is 2.07 bits per heavy atom. The molecule has 2 heterocycles. The van der Waals surface area contributed by atoms with E-state index in [9.17, 15) is 9.59 Å². The summed E-state index contributed by atoms with van der Waals surface area (Å²) < 4.78 is 5.51. The molecule has 2 aliphatic rings. The third-order valence-corrected chi connectivity index (χ3v) is 5.66. The third-order valence-electron chi connectivity index (χ3n) is 4.75. The zero-order chi connectivity index (χ0) is 18.6. The van der Waals surface area contributed by atoms with Crippen LogP contribution in [0.1, 0.15) is 36.0 Å². The number of amides is 2. The van der Waals surface area contributed by atoms with E-state index in [-0.39, 0.29) is 23.7 Å². The van der Waals surface area contributed by atoms with Gasteiger partial charge in [0.1, 0.15) is 0 Å². The van der Waals surface area contributed by atoms with Crippen LogP contribution in [0.5, 0.6) is 0 Å². The Morgan fingerprint density at radius 1 is 1.22 bits per heavy atom. The smallest absolute Gasteiger partial charge is 0.252 e. The fraction of sp³-hybridized carbons (Fsp3) is 0.450. The number of carbonyl (C=O) groups excluding carboxylic acids is 2. The predicted molar refractivity (Wildman–Crippen MR) is 105 cm³/mol. The Hall–Kier alpha value is -2.12. The van der Waals surface area contributed by atoms with Crippen LogP contribution < -0.4 is 10.6 Å². The molecule has 1 saturated heterocycles. The Kier molecular flexibility index (Phi) is 5.59. The second-order valence-electron chi connectivity index (χ2n) is 7.00. The SMILES string of the molecule is O=C(CSc1cc(C(=O)NC2CC2)c2ccccc2n1)NC[C@@H]1CCCO1. The second kappa shape index (κ2) is 8.27. The number of fused-ring (bicyclic) bond motifs is 1. The van der Waals surface area contributed by atoms with Crippen LogP contribution in [0.25, 0.3) is 10.9 Å². The minimum Gasteiger partial charge on any atom is -0.376 e. The Balaban J connectivity index is 1.43. The van der Waals surface area contributed by atoms with Gasteiger partial charge in [-0.2, -0.15) is 0 Å². The van der Waals surface area contributed by atoms with Crippen LogP contribution in [0.3, 0.4) is 0 Å². The molecule has 1 aromatic heterocycles. The largest absolute Gasteiger partial charge is 0.376 e. The molecule has 7 heteroatoms. The lowest BCUT2D eigenvalue weighted by molar-refractivity contribution is -0.119. The monoisotopic (exact) mass is 385 g/mol. The Bertz CT molecular complexity index is 847. The van der Waals surface area contributed by atoms with Gasteiger partial charge in [0.25, 0.3) is 5.91 Å². The molecule has 0 radical (unpaired) electrons. The maximum absolute atomic E-state index is 12.6. The van der Waals surface area contributed by atoms with Gasteiger partial charge in [0.05, 0.1) is 28.0 Å². The van der Waals surface area contributed by atoms with Crippen LogP contribution >= 0.6 is 11.8 Å². The lowest BCUT2D eigenvalue weighted by Gasteiger charge is -2.11. The van der Waals surface area contributed by atoms with Crippen LogP contribution in [-0.2, 0) is 9.53 Å². The van der Waals surface area contributed by atoms with Gasteiger partial charge in [0.2, 0.25) is 5.91 Å². The van der Waals surface area contributed by atoms with E-state index in [1.165, 1.54) is 11.8 Å². The lowest BCUT2D eigenvalue weighted by Crippen LogP contribution is -2.32. The number of thioether (sulfide) groups is 1. The van der Waals surface area contributed by atoms with Crippen LogP contribution in [0.15, 0.2) is 35.4 Å². The van der Waals surface area contributed by atoms with Crippen LogP contribution in [0, 0.1) is 0 Å². The number of rotatable bonds is 7. The minimum absolute atomic E-state index is 0.0468. The molecule has 2 aromatic rings. The van der Waals surface area contributed by atoms with Crippen molar-refractivity contribution < 1.29 is 14.3 Å². The van der Waals surface area contributed by atoms with Gasteiger partial charge >= 0.3 is 0 Å². The molecule has 1 aliphatic heterocycles. The number of carbonyl (C=O) groups is 2. The highest BCUT2D eigenvalue weighted by Gasteiger charge is 2.25. The van der Waals surface area contributed by atoms with Crippen molar-refractivity contribution in [3.63, 3.8) is 0 Å². The van der Waals surface area contributed by atoms with E-state index in [1.54, 1.807) is 6.07 Å². The number of para-hydroxylation sites is 1.